The monoisotopic (exact) mass is 216 g/mol. The van der Waals surface area contributed by atoms with Gasteiger partial charge in [-0.25, -0.2) is 4.79 Å². The maximum atomic E-state index is 11.5. The normalized spacial score (nSPS) is 11.9. The molecule has 5 nitrogen and oxygen atoms in total. The van der Waals surface area contributed by atoms with Gasteiger partial charge in [-0.05, 0) is 13.3 Å². The van der Waals surface area contributed by atoms with Crippen LogP contribution in [0, 0.1) is 0 Å². The molecule has 0 aliphatic rings. The smallest absolute Gasteiger partial charge is 0.317 e. The van der Waals surface area contributed by atoms with Crippen LogP contribution >= 0.6 is 0 Å². The Morgan fingerprint density at radius 2 is 2.00 bits per heavy atom. The number of carboxylic acids is 1. The van der Waals surface area contributed by atoms with Crippen molar-refractivity contribution in [2.45, 2.75) is 39.2 Å². The molecule has 0 bridgehead atoms. The molecule has 0 spiro atoms. The maximum Gasteiger partial charge on any atom is 0.317 e. The van der Waals surface area contributed by atoms with E-state index in [-0.39, 0.29) is 18.5 Å². The predicted molar refractivity (Wildman–Crippen MR) is 57.8 cm³/mol. The van der Waals surface area contributed by atoms with Crippen molar-refractivity contribution < 1.29 is 14.7 Å². The number of rotatable bonds is 6. The second kappa shape index (κ2) is 7.09. The van der Waals surface area contributed by atoms with Gasteiger partial charge in [0.05, 0.1) is 6.42 Å². The molecule has 0 saturated carbocycles. The Morgan fingerprint density at radius 1 is 1.40 bits per heavy atom. The minimum Gasteiger partial charge on any atom is -0.481 e. The zero-order valence-electron chi connectivity index (χ0n) is 9.62. The summed E-state index contributed by atoms with van der Waals surface area (Å²) in [5.41, 5.74) is 0. The second-order valence-corrected chi connectivity index (χ2v) is 3.55. The van der Waals surface area contributed by atoms with E-state index in [1.165, 1.54) is 4.90 Å². The Bertz CT molecular complexity index is 219. The fourth-order valence-electron chi connectivity index (χ4n) is 1.21. The molecule has 0 fully saturated rings. The van der Waals surface area contributed by atoms with Crippen LogP contribution < -0.4 is 5.32 Å². The molecule has 0 saturated heterocycles. The zero-order valence-corrected chi connectivity index (χ0v) is 9.62. The van der Waals surface area contributed by atoms with Crippen molar-refractivity contribution in [1.29, 1.82) is 0 Å². The van der Waals surface area contributed by atoms with Gasteiger partial charge >= 0.3 is 12.0 Å². The number of nitrogens with one attached hydrogen (secondary N) is 1. The Hall–Kier alpha value is -1.26. The largest absolute Gasteiger partial charge is 0.481 e. The van der Waals surface area contributed by atoms with Crippen LogP contribution in [0.25, 0.3) is 0 Å². The molecule has 0 heterocycles. The molecule has 0 rings (SSSR count). The van der Waals surface area contributed by atoms with Crippen molar-refractivity contribution in [1.82, 2.24) is 10.2 Å². The highest BCUT2D eigenvalue weighted by atomic mass is 16.4. The quantitative estimate of drug-likeness (QED) is 0.703. The van der Waals surface area contributed by atoms with Gasteiger partial charge in [0.1, 0.15) is 0 Å². The van der Waals surface area contributed by atoms with Crippen molar-refractivity contribution in [3.05, 3.63) is 0 Å². The minimum atomic E-state index is -0.882. The lowest BCUT2D eigenvalue weighted by atomic mass is 10.1. The maximum absolute atomic E-state index is 11.5. The van der Waals surface area contributed by atoms with Gasteiger partial charge < -0.3 is 15.3 Å². The van der Waals surface area contributed by atoms with Gasteiger partial charge in [0, 0.05) is 19.6 Å². The van der Waals surface area contributed by atoms with Crippen LogP contribution in [-0.4, -0.2) is 41.6 Å². The lowest BCUT2D eigenvalue weighted by molar-refractivity contribution is -0.137. The summed E-state index contributed by atoms with van der Waals surface area (Å²) in [5.74, 6) is -0.882. The topological polar surface area (TPSA) is 69.6 Å². The molecule has 2 amide bonds. The highest BCUT2D eigenvalue weighted by Gasteiger charge is 2.16. The third kappa shape index (κ3) is 5.93. The highest BCUT2D eigenvalue weighted by molar-refractivity contribution is 5.75. The van der Waals surface area contributed by atoms with Crippen LogP contribution in [0.1, 0.15) is 33.1 Å². The fourth-order valence-corrected chi connectivity index (χ4v) is 1.21. The van der Waals surface area contributed by atoms with Gasteiger partial charge in [-0.1, -0.05) is 13.3 Å². The molecular formula is C10H20N2O3. The molecule has 1 unspecified atom stereocenters. The summed E-state index contributed by atoms with van der Waals surface area (Å²) in [7, 11) is 1.68. The van der Waals surface area contributed by atoms with E-state index in [2.05, 4.69) is 5.32 Å². The van der Waals surface area contributed by atoms with E-state index in [4.69, 9.17) is 5.11 Å². The number of carbonyl (C=O) groups excluding carboxylic acids is 1. The first kappa shape index (κ1) is 13.7. The van der Waals surface area contributed by atoms with Crippen LogP contribution in [0.3, 0.4) is 0 Å². The first-order chi connectivity index (χ1) is 7.01. The number of amides is 2. The van der Waals surface area contributed by atoms with Crippen LogP contribution in [0.5, 0.6) is 0 Å². The van der Waals surface area contributed by atoms with Gasteiger partial charge in [0.25, 0.3) is 0 Å². The number of aliphatic carboxylic acids is 1. The van der Waals surface area contributed by atoms with Crippen LogP contribution in [0.2, 0.25) is 0 Å². The first-order valence-corrected chi connectivity index (χ1v) is 5.24. The predicted octanol–water partition coefficient (Wildman–Crippen LogP) is 1.29. The van der Waals surface area contributed by atoms with E-state index in [9.17, 15) is 9.59 Å². The van der Waals surface area contributed by atoms with Gasteiger partial charge in [0.15, 0.2) is 0 Å². The summed E-state index contributed by atoms with van der Waals surface area (Å²) in [6.45, 7) is 4.44. The Kier molecular flexibility index (Phi) is 6.49. The highest BCUT2D eigenvalue weighted by Crippen LogP contribution is 2.02. The van der Waals surface area contributed by atoms with Crippen LogP contribution in [0.15, 0.2) is 0 Å². The number of nitrogens with zero attached hydrogens (tertiary/aromatic N) is 1. The molecule has 5 heteroatoms. The number of urea groups is 1. The lowest BCUT2D eigenvalue weighted by Crippen LogP contribution is -2.43. The SMILES string of the molecule is CCCC(CC(=O)O)NC(=O)N(C)CC. The number of carbonyl (C=O) groups is 2. The third-order valence-electron chi connectivity index (χ3n) is 2.21. The van der Waals surface area contributed by atoms with E-state index >= 15 is 0 Å². The van der Waals surface area contributed by atoms with Gasteiger partial charge in [-0.15, -0.1) is 0 Å². The molecule has 0 aliphatic carbocycles. The summed E-state index contributed by atoms with van der Waals surface area (Å²) < 4.78 is 0. The van der Waals surface area contributed by atoms with E-state index < -0.39 is 5.97 Å². The first-order valence-electron chi connectivity index (χ1n) is 5.24. The van der Waals surface area contributed by atoms with Gasteiger partial charge in [-0.2, -0.15) is 0 Å². The summed E-state index contributed by atoms with van der Waals surface area (Å²) in [4.78, 5) is 23.5. The molecule has 0 aromatic heterocycles. The van der Waals surface area contributed by atoms with Crippen LogP contribution in [0.4, 0.5) is 4.79 Å². The lowest BCUT2D eigenvalue weighted by Gasteiger charge is -2.21. The molecule has 0 aliphatic heterocycles. The standard InChI is InChI=1S/C10H20N2O3/c1-4-6-8(7-9(13)14)11-10(15)12(3)5-2/h8H,4-7H2,1-3H3,(H,11,15)(H,13,14). The third-order valence-corrected chi connectivity index (χ3v) is 2.21. The Balaban J connectivity index is 4.14. The van der Waals surface area contributed by atoms with Crippen molar-refractivity contribution in [3.8, 4) is 0 Å². The van der Waals surface area contributed by atoms with Gasteiger partial charge in [-0.3, -0.25) is 4.79 Å². The van der Waals surface area contributed by atoms with E-state index in [1.807, 2.05) is 13.8 Å². The Labute approximate surface area is 90.5 Å². The van der Waals surface area contributed by atoms with E-state index in [0.717, 1.165) is 6.42 Å². The van der Waals surface area contributed by atoms with Crippen molar-refractivity contribution in [2.75, 3.05) is 13.6 Å². The van der Waals surface area contributed by atoms with Gasteiger partial charge in [0.2, 0.25) is 0 Å². The molecule has 1 atom stereocenters. The average molecular weight is 216 g/mol. The number of carboxylic acid groups (broad SMARTS) is 1. The van der Waals surface area contributed by atoms with E-state index in [0.29, 0.717) is 13.0 Å². The molecular weight excluding hydrogens is 196 g/mol. The molecule has 2 N–H and O–H groups in total. The summed E-state index contributed by atoms with van der Waals surface area (Å²) in [6.07, 6.45) is 1.53. The Morgan fingerprint density at radius 3 is 2.40 bits per heavy atom. The zero-order chi connectivity index (χ0) is 11.8. The molecule has 0 aromatic rings. The molecule has 15 heavy (non-hydrogen) atoms. The molecule has 0 radical (unpaired) electrons. The van der Waals surface area contributed by atoms with Crippen molar-refractivity contribution in [2.24, 2.45) is 0 Å². The van der Waals surface area contributed by atoms with E-state index in [1.54, 1.807) is 7.05 Å². The van der Waals surface area contributed by atoms with Crippen molar-refractivity contribution in [3.63, 3.8) is 0 Å². The fraction of sp³-hybridized carbons (Fsp3) is 0.800. The summed E-state index contributed by atoms with van der Waals surface area (Å²) >= 11 is 0. The second-order valence-electron chi connectivity index (χ2n) is 3.55. The minimum absolute atomic E-state index is 0.0167. The van der Waals surface area contributed by atoms with Crippen LogP contribution in [-0.2, 0) is 4.79 Å². The molecule has 88 valence electrons. The van der Waals surface area contributed by atoms with Crippen molar-refractivity contribution >= 4 is 12.0 Å². The number of hydrogen-bond acceptors (Lipinski definition) is 2. The number of hydrogen-bond donors (Lipinski definition) is 2. The summed E-state index contributed by atoms with van der Waals surface area (Å²) in [5, 5.41) is 11.4. The summed E-state index contributed by atoms with van der Waals surface area (Å²) in [6, 6.07) is -0.480. The molecule has 0 aromatic carbocycles. The average Bonchev–Trinajstić information content (AvgIpc) is 2.15.